The van der Waals surface area contributed by atoms with Gasteiger partial charge < -0.3 is 14.4 Å². The summed E-state index contributed by atoms with van der Waals surface area (Å²) < 4.78 is 6.40. The molecule has 110 valence electrons. The van der Waals surface area contributed by atoms with Crippen LogP contribution in [0.1, 0.15) is 37.7 Å². The van der Waals surface area contributed by atoms with E-state index in [9.17, 15) is 14.7 Å². The van der Waals surface area contributed by atoms with Gasteiger partial charge >= 0.3 is 11.9 Å². The molecule has 0 atom stereocenters. The highest BCUT2D eigenvalue weighted by Crippen LogP contribution is 2.17. The van der Waals surface area contributed by atoms with Gasteiger partial charge in [-0.25, -0.2) is 9.59 Å². The smallest absolute Gasteiger partial charge is 0.352 e. The van der Waals surface area contributed by atoms with E-state index in [1.54, 1.807) is 35.8 Å². The van der Waals surface area contributed by atoms with Gasteiger partial charge in [0, 0.05) is 12.2 Å². The van der Waals surface area contributed by atoms with Crippen LogP contribution in [-0.2, 0) is 11.3 Å². The number of hydrogen-bond donors (Lipinski definition) is 1. The van der Waals surface area contributed by atoms with Crippen molar-refractivity contribution in [2.24, 2.45) is 0 Å². The second-order valence-corrected chi connectivity index (χ2v) is 4.90. The highest BCUT2D eigenvalue weighted by Gasteiger charge is 2.16. The minimum Gasteiger partial charge on any atom is -0.477 e. The molecular formula is C16H17NO4. The first-order valence-electron chi connectivity index (χ1n) is 6.51. The number of carbonyl (C=O) groups excluding carboxylic acids is 1. The van der Waals surface area contributed by atoms with E-state index in [2.05, 4.69) is 4.74 Å². The molecule has 0 aliphatic heterocycles. The van der Waals surface area contributed by atoms with Crippen LogP contribution in [-0.4, -0.2) is 28.7 Å². The lowest BCUT2D eigenvalue weighted by molar-refractivity contribution is 0.0599. The van der Waals surface area contributed by atoms with E-state index < -0.39 is 5.97 Å². The van der Waals surface area contributed by atoms with Crippen LogP contribution in [0.2, 0.25) is 0 Å². The predicted molar refractivity (Wildman–Crippen MR) is 77.7 cm³/mol. The lowest BCUT2D eigenvalue weighted by Crippen LogP contribution is -2.12. The summed E-state index contributed by atoms with van der Waals surface area (Å²) in [5, 5.41) is 9.30. The predicted octanol–water partition coefficient (Wildman–Crippen LogP) is 2.64. The number of aryl methyl sites for hydroxylation is 2. The molecule has 0 saturated heterocycles. The standard InChI is InChI=1S/C16H17NO4/c1-10-8-11(2)17(14(10)15(18)19)9-12-4-6-13(7-5-12)16(20)21-3/h4-8H,9H2,1-3H3,(H,18,19). The van der Waals surface area contributed by atoms with Gasteiger partial charge in [-0.3, -0.25) is 0 Å². The second kappa shape index (κ2) is 5.83. The largest absolute Gasteiger partial charge is 0.477 e. The van der Waals surface area contributed by atoms with Gasteiger partial charge in [-0.1, -0.05) is 12.1 Å². The van der Waals surface area contributed by atoms with Gasteiger partial charge in [0.2, 0.25) is 0 Å². The van der Waals surface area contributed by atoms with Crippen LogP contribution in [0, 0.1) is 13.8 Å². The van der Waals surface area contributed by atoms with Crippen molar-refractivity contribution >= 4 is 11.9 Å². The number of methoxy groups -OCH3 is 1. The highest BCUT2D eigenvalue weighted by molar-refractivity contribution is 5.89. The van der Waals surface area contributed by atoms with Gasteiger partial charge in [0.25, 0.3) is 0 Å². The number of rotatable bonds is 4. The Labute approximate surface area is 122 Å². The molecule has 0 aliphatic rings. The van der Waals surface area contributed by atoms with Gasteiger partial charge in [-0.2, -0.15) is 0 Å². The van der Waals surface area contributed by atoms with E-state index in [0.717, 1.165) is 16.8 Å². The van der Waals surface area contributed by atoms with E-state index in [-0.39, 0.29) is 5.97 Å². The fraction of sp³-hybridized carbons (Fsp3) is 0.250. The molecule has 2 aromatic rings. The SMILES string of the molecule is COC(=O)c1ccc(Cn2c(C)cc(C)c2C(=O)O)cc1. The van der Waals surface area contributed by atoms with Crippen molar-refractivity contribution in [1.82, 2.24) is 4.57 Å². The van der Waals surface area contributed by atoms with Crippen molar-refractivity contribution in [3.8, 4) is 0 Å². The molecule has 0 saturated carbocycles. The van der Waals surface area contributed by atoms with Crippen molar-refractivity contribution in [1.29, 1.82) is 0 Å². The van der Waals surface area contributed by atoms with Crippen molar-refractivity contribution < 1.29 is 19.4 Å². The Hall–Kier alpha value is -2.56. The first-order chi connectivity index (χ1) is 9.93. The Balaban J connectivity index is 2.31. The Kier molecular flexibility index (Phi) is 4.12. The molecular weight excluding hydrogens is 270 g/mol. The fourth-order valence-corrected chi connectivity index (χ4v) is 2.38. The van der Waals surface area contributed by atoms with Crippen LogP contribution in [0.3, 0.4) is 0 Å². The summed E-state index contributed by atoms with van der Waals surface area (Å²) in [5.41, 5.74) is 3.32. The molecule has 1 aromatic carbocycles. The quantitative estimate of drug-likeness (QED) is 0.878. The molecule has 0 amide bonds. The van der Waals surface area contributed by atoms with Crippen LogP contribution >= 0.6 is 0 Å². The summed E-state index contributed by atoms with van der Waals surface area (Å²) in [4.78, 5) is 22.7. The minimum atomic E-state index is -0.938. The monoisotopic (exact) mass is 287 g/mol. The van der Waals surface area contributed by atoms with Crippen molar-refractivity contribution in [2.75, 3.05) is 7.11 Å². The average Bonchev–Trinajstić information content (AvgIpc) is 2.73. The zero-order valence-corrected chi connectivity index (χ0v) is 12.2. The second-order valence-electron chi connectivity index (χ2n) is 4.90. The van der Waals surface area contributed by atoms with Crippen LogP contribution in [0.4, 0.5) is 0 Å². The lowest BCUT2D eigenvalue weighted by atomic mass is 10.1. The van der Waals surface area contributed by atoms with Gasteiger partial charge in [0.05, 0.1) is 12.7 Å². The van der Waals surface area contributed by atoms with E-state index in [0.29, 0.717) is 17.8 Å². The van der Waals surface area contributed by atoms with Gasteiger partial charge in [-0.15, -0.1) is 0 Å². The van der Waals surface area contributed by atoms with Crippen LogP contribution in [0.25, 0.3) is 0 Å². The number of nitrogens with zero attached hydrogens (tertiary/aromatic N) is 1. The molecule has 1 N–H and O–H groups in total. The number of benzene rings is 1. The molecule has 0 radical (unpaired) electrons. The maximum Gasteiger partial charge on any atom is 0.352 e. The zero-order chi connectivity index (χ0) is 15.6. The lowest BCUT2D eigenvalue weighted by Gasteiger charge is -2.10. The van der Waals surface area contributed by atoms with Crippen LogP contribution in [0.5, 0.6) is 0 Å². The number of aromatic carboxylic acids is 1. The summed E-state index contributed by atoms with van der Waals surface area (Å²) in [6.45, 7) is 4.11. The topological polar surface area (TPSA) is 68.5 Å². The Bertz CT molecular complexity index is 683. The van der Waals surface area contributed by atoms with Crippen molar-refractivity contribution in [3.05, 3.63) is 58.4 Å². The Morgan fingerprint density at radius 2 is 1.81 bits per heavy atom. The number of hydrogen-bond acceptors (Lipinski definition) is 3. The molecule has 0 spiro atoms. The third-order valence-corrected chi connectivity index (χ3v) is 3.41. The minimum absolute atomic E-state index is 0.296. The number of carboxylic acid groups (broad SMARTS) is 1. The summed E-state index contributed by atoms with van der Waals surface area (Å²) in [7, 11) is 1.33. The Morgan fingerprint density at radius 3 is 2.33 bits per heavy atom. The molecule has 5 nitrogen and oxygen atoms in total. The summed E-state index contributed by atoms with van der Waals surface area (Å²) in [5.74, 6) is -1.33. The number of ether oxygens (including phenoxy) is 1. The molecule has 0 aliphatic carbocycles. The molecule has 1 aromatic heterocycles. The number of carboxylic acids is 1. The summed E-state index contributed by atoms with van der Waals surface area (Å²) in [6.07, 6.45) is 0. The fourth-order valence-electron chi connectivity index (χ4n) is 2.38. The van der Waals surface area contributed by atoms with E-state index in [1.165, 1.54) is 7.11 Å². The number of aromatic nitrogens is 1. The third kappa shape index (κ3) is 2.97. The molecule has 0 bridgehead atoms. The molecule has 2 rings (SSSR count). The first kappa shape index (κ1) is 14.8. The number of carbonyl (C=O) groups is 2. The van der Waals surface area contributed by atoms with E-state index in [1.807, 2.05) is 13.0 Å². The maximum atomic E-state index is 11.4. The molecule has 1 heterocycles. The molecule has 5 heteroatoms. The normalized spacial score (nSPS) is 10.4. The molecule has 21 heavy (non-hydrogen) atoms. The van der Waals surface area contributed by atoms with Crippen LogP contribution < -0.4 is 0 Å². The molecule has 0 fully saturated rings. The third-order valence-electron chi connectivity index (χ3n) is 3.41. The van der Waals surface area contributed by atoms with Gasteiger partial charge in [0.1, 0.15) is 5.69 Å². The number of esters is 1. The molecule has 0 unspecified atom stereocenters. The van der Waals surface area contributed by atoms with Gasteiger partial charge in [-0.05, 0) is 43.2 Å². The van der Waals surface area contributed by atoms with Crippen molar-refractivity contribution in [2.45, 2.75) is 20.4 Å². The van der Waals surface area contributed by atoms with E-state index in [4.69, 9.17) is 0 Å². The summed E-state index contributed by atoms with van der Waals surface area (Å²) >= 11 is 0. The van der Waals surface area contributed by atoms with E-state index >= 15 is 0 Å². The van der Waals surface area contributed by atoms with Gasteiger partial charge in [0.15, 0.2) is 0 Å². The van der Waals surface area contributed by atoms with Crippen LogP contribution in [0.15, 0.2) is 30.3 Å². The first-order valence-corrected chi connectivity index (χ1v) is 6.51. The summed E-state index contributed by atoms with van der Waals surface area (Å²) in [6, 6.07) is 8.80. The van der Waals surface area contributed by atoms with Crippen molar-refractivity contribution in [3.63, 3.8) is 0 Å². The highest BCUT2D eigenvalue weighted by atomic mass is 16.5. The Morgan fingerprint density at radius 1 is 1.19 bits per heavy atom. The zero-order valence-electron chi connectivity index (χ0n) is 12.2. The maximum absolute atomic E-state index is 11.4. The average molecular weight is 287 g/mol.